The first-order valence-electron chi connectivity index (χ1n) is 24.9. The van der Waals surface area contributed by atoms with E-state index >= 15 is 0 Å². The molecule has 2 unspecified atom stereocenters. The second-order valence-corrected chi connectivity index (χ2v) is 16.7. The molecule has 1 rings (SSSR count). The zero-order chi connectivity index (χ0) is 43.6. The Morgan fingerprint density at radius 2 is 1.12 bits per heavy atom. The van der Waals surface area contributed by atoms with Crippen LogP contribution in [0.4, 0.5) is 4.79 Å². The lowest BCUT2D eigenvalue weighted by Crippen LogP contribution is -2.38. The molecule has 0 aromatic carbocycles. The lowest BCUT2D eigenvalue weighted by Gasteiger charge is -2.26. The van der Waals surface area contributed by atoms with Crippen LogP contribution in [-0.4, -0.2) is 88.1 Å². The lowest BCUT2D eigenvalue weighted by molar-refractivity contribution is -0.170. The highest BCUT2D eigenvalue weighted by molar-refractivity contribution is 5.75. The largest absolute Gasteiger partial charge is 0.508 e. The number of rotatable bonds is 42. The van der Waals surface area contributed by atoms with Gasteiger partial charge in [0.1, 0.15) is 18.6 Å². The first-order chi connectivity index (χ1) is 29.4. The first kappa shape index (κ1) is 55.6. The molecule has 10 heteroatoms. The number of hydrogen-bond acceptors (Lipinski definition) is 10. The second-order valence-electron chi connectivity index (χ2n) is 16.7. The monoisotopic (exact) mass is 850 g/mol. The molecule has 60 heavy (non-hydrogen) atoms. The fourth-order valence-corrected chi connectivity index (χ4v) is 7.30. The normalized spacial score (nSPS) is 14.3. The average Bonchev–Trinajstić information content (AvgIpc) is 3.78. The average molecular weight is 850 g/mol. The quantitative estimate of drug-likeness (QED) is 0.0194. The standard InChI is InChI=1S/C50H91NO9/c1-5-9-12-15-18-19-20-21-22-23-24-25-28-34-46(45(49(53)57-40-8-4)44-59-50(54)58-43-33-39-51-37-29-30-38-51)60-47(52)35-36-48(55-41-31-26-16-13-10-6-2)56-42-32-27-17-14-11-7-3/h18-19,21-22,45-46,48H,5-17,20,23-44H2,1-4H3. The molecule has 0 radical (unpaired) electrons. The smallest absolute Gasteiger partial charge is 0.465 e. The van der Waals surface area contributed by atoms with Crippen molar-refractivity contribution in [1.82, 2.24) is 4.90 Å². The van der Waals surface area contributed by atoms with Crippen LogP contribution in [0.5, 0.6) is 0 Å². The van der Waals surface area contributed by atoms with Crippen LogP contribution in [0.25, 0.3) is 0 Å². The Morgan fingerprint density at radius 3 is 1.73 bits per heavy atom. The maximum atomic E-state index is 13.6. The highest BCUT2D eigenvalue weighted by Crippen LogP contribution is 2.22. The predicted molar refractivity (Wildman–Crippen MR) is 244 cm³/mol. The Morgan fingerprint density at radius 1 is 0.550 bits per heavy atom. The minimum atomic E-state index is -0.967. The number of unbranched alkanes of at least 4 members (excludes halogenated alkanes) is 16. The SMILES string of the molecule is CCCCCC=CCC=CCCCCCC(OC(=O)CCC(OCCCCCCCC)OCCCCCCCC)C(COC(=O)OCCCN1CCCC1)C(=O)OCCC. The Labute approximate surface area is 367 Å². The van der Waals surface area contributed by atoms with Crippen LogP contribution in [0.15, 0.2) is 24.3 Å². The fraction of sp³-hybridized carbons (Fsp3) is 0.860. The van der Waals surface area contributed by atoms with Gasteiger partial charge in [-0.15, -0.1) is 0 Å². The summed E-state index contributed by atoms with van der Waals surface area (Å²) in [4.78, 5) is 42.1. The third-order valence-electron chi connectivity index (χ3n) is 11.0. The zero-order valence-electron chi connectivity index (χ0n) is 39.1. The summed E-state index contributed by atoms with van der Waals surface area (Å²) in [5, 5.41) is 0. The predicted octanol–water partition coefficient (Wildman–Crippen LogP) is 13.0. The van der Waals surface area contributed by atoms with Gasteiger partial charge in [0.15, 0.2) is 6.29 Å². The van der Waals surface area contributed by atoms with Crippen molar-refractivity contribution in [1.29, 1.82) is 0 Å². The van der Waals surface area contributed by atoms with Gasteiger partial charge in [0.2, 0.25) is 0 Å². The van der Waals surface area contributed by atoms with Crippen LogP contribution in [0.3, 0.4) is 0 Å². The molecule has 1 heterocycles. The summed E-state index contributed by atoms with van der Waals surface area (Å²) < 4.78 is 34.9. The van der Waals surface area contributed by atoms with Gasteiger partial charge in [-0.3, -0.25) is 9.59 Å². The van der Waals surface area contributed by atoms with Gasteiger partial charge in [0.05, 0.1) is 19.6 Å². The number of hydrogen-bond donors (Lipinski definition) is 0. The minimum absolute atomic E-state index is 0.0860. The third-order valence-corrected chi connectivity index (χ3v) is 11.0. The zero-order valence-corrected chi connectivity index (χ0v) is 39.1. The van der Waals surface area contributed by atoms with Gasteiger partial charge >= 0.3 is 18.1 Å². The molecule has 350 valence electrons. The molecule has 0 saturated carbocycles. The molecule has 0 amide bonds. The van der Waals surface area contributed by atoms with Crippen molar-refractivity contribution in [3.63, 3.8) is 0 Å². The number of allylic oxidation sites excluding steroid dienone is 4. The number of likely N-dealkylation sites (tertiary alicyclic amines) is 1. The number of carbonyl (C=O) groups excluding carboxylic acids is 3. The Bertz CT molecular complexity index is 1040. The summed E-state index contributed by atoms with van der Waals surface area (Å²) in [7, 11) is 0. The summed E-state index contributed by atoms with van der Waals surface area (Å²) >= 11 is 0. The molecule has 0 spiro atoms. The van der Waals surface area contributed by atoms with Gasteiger partial charge in [0, 0.05) is 26.2 Å². The van der Waals surface area contributed by atoms with Crippen molar-refractivity contribution in [2.75, 3.05) is 52.7 Å². The third kappa shape index (κ3) is 33.2. The number of carbonyl (C=O) groups is 3. The van der Waals surface area contributed by atoms with Crippen molar-refractivity contribution in [3.05, 3.63) is 24.3 Å². The molecule has 0 N–H and O–H groups in total. The van der Waals surface area contributed by atoms with Crippen molar-refractivity contribution < 1.29 is 42.8 Å². The van der Waals surface area contributed by atoms with Gasteiger partial charge in [-0.1, -0.05) is 135 Å². The van der Waals surface area contributed by atoms with E-state index < -0.39 is 36.4 Å². The molecule has 1 aliphatic rings. The van der Waals surface area contributed by atoms with Gasteiger partial charge in [-0.2, -0.15) is 0 Å². The molecule has 1 saturated heterocycles. The van der Waals surface area contributed by atoms with E-state index in [2.05, 4.69) is 50.0 Å². The Kier molecular flexibility index (Phi) is 38.8. The number of nitrogens with zero attached hydrogens (tertiary/aromatic N) is 1. The molecule has 1 aliphatic heterocycles. The first-order valence-corrected chi connectivity index (χ1v) is 24.9. The Balaban J connectivity index is 2.89. The summed E-state index contributed by atoms with van der Waals surface area (Å²) in [5.74, 6) is -1.94. The maximum Gasteiger partial charge on any atom is 0.508 e. The highest BCUT2D eigenvalue weighted by atomic mass is 16.7. The number of esters is 2. The van der Waals surface area contributed by atoms with Crippen molar-refractivity contribution >= 4 is 18.1 Å². The molecule has 0 aromatic heterocycles. The molecule has 0 aromatic rings. The van der Waals surface area contributed by atoms with E-state index in [1.807, 2.05) is 6.92 Å². The van der Waals surface area contributed by atoms with E-state index in [0.717, 1.165) is 83.8 Å². The van der Waals surface area contributed by atoms with Crippen LogP contribution in [-0.2, 0) is 38.0 Å². The van der Waals surface area contributed by atoms with Gasteiger partial charge < -0.3 is 33.3 Å². The highest BCUT2D eigenvalue weighted by Gasteiger charge is 2.34. The van der Waals surface area contributed by atoms with Gasteiger partial charge in [0.25, 0.3) is 0 Å². The summed E-state index contributed by atoms with van der Waals surface area (Å²) in [6.07, 6.45) is 34.9. The summed E-state index contributed by atoms with van der Waals surface area (Å²) in [6.45, 7) is 13.0. The molecular formula is C50H91NO9. The van der Waals surface area contributed by atoms with Crippen molar-refractivity contribution in [2.45, 2.75) is 220 Å². The van der Waals surface area contributed by atoms with E-state index in [1.165, 1.54) is 83.5 Å². The molecule has 10 nitrogen and oxygen atoms in total. The lowest BCUT2D eigenvalue weighted by atomic mass is 9.97. The van der Waals surface area contributed by atoms with E-state index in [-0.39, 0.29) is 26.2 Å². The maximum absolute atomic E-state index is 13.6. The van der Waals surface area contributed by atoms with E-state index in [9.17, 15) is 14.4 Å². The molecule has 0 aliphatic carbocycles. The van der Waals surface area contributed by atoms with Crippen LogP contribution in [0, 0.1) is 5.92 Å². The summed E-state index contributed by atoms with van der Waals surface area (Å²) in [5.41, 5.74) is 0. The van der Waals surface area contributed by atoms with Crippen molar-refractivity contribution in [2.24, 2.45) is 5.92 Å². The molecule has 1 fully saturated rings. The van der Waals surface area contributed by atoms with Crippen LogP contribution < -0.4 is 0 Å². The van der Waals surface area contributed by atoms with E-state index in [4.69, 9.17) is 28.4 Å². The van der Waals surface area contributed by atoms with E-state index in [0.29, 0.717) is 38.9 Å². The van der Waals surface area contributed by atoms with Crippen molar-refractivity contribution in [3.8, 4) is 0 Å². The van der Waals surface area contributed by atoms with Crippen LogP contribution >= 0.6 is 0 Å². The molecule has 2 atom stereocenters. The van der Waals surface area contributed by atoms with Crippen LogP contribution in [0.2, 0.25) is 0 Å². The van der Waals surface area contributed by atoms with E-state index in [1.54, 1.807) is 0 Å². The fourth-order valence-electron chi connectivity index (χ4n) is 7.30. The van der Waals surface area contributed by atoms with Gasteiger partial charge in [-0.25, -0.2) is 4.79 Å². The van der Waals surface area contributed by atoms with Crippen LogP contribution in [0.1, 0.15) is 207 Å². The topological polar surface area (TPSA) is 110 Å². The summed E-state index contributed by atoms with van der Waals surface area (Å²) in [6, 6.07) is 0. The number of ether oxygens (including phenoxy) is 6. The second kappa shape index (κ2) is 41.9. The Hall–Kier alpha value is -2.43. The minimum Gasteiger partial charge on any atom is -0.465 e. The molecule has 0 bridgehead atoms. The molecular weight excluding hydrogens is 759 g/mol. The van der Waals surface area contributed by atoms with Gasteiger partial charge in [-0.05, 0) is 96.6 Å².